The quantitative estimate of drug-likeness (QED) is 0.416. The van der Waals surface area contributed by atoms with Gasteiger partial charge in [-0.1, -0.05) is 32.3 Å². The van der Waals surface area contributed by atoms with Crippen molar-refractivity contribution >= 4 is 103 Å². The van der Waals surface area contributed by atoms with E-state index in [1.165, 1.54) is 25.7 Å². The molecule has 0 aliphatic heterocycles. The van der Waals surface area contributed by atoms with Crippen LogP contribution in [0.15, 0.2) is 12.3 Å². The maximum absolute atomic E-state index is 8.24. The van der Waals surface area contributed by atoms with Crippen LogP contribution in [0.4, 0.5) is 0 Å². The molecule has 0 aromatic heterocycles. The molecule has 11 heavy (non-hydrogen) atoms. The van der Waals surface area contributed by atoms with Crippen LogP contribution in [0.3, 0.4) is 0 Å². The summed E-state index contributed by atoms with van der Waals surface area (Å²) < 4.78 is 0. The Morgan fingerprint density at radius 2 is 1.73 bits per heavy atom. The fourth-order valence-electron chi connectivity index (χ4n) is 0.764. The number of unbranched alkanes of at least 4 members (excludes halogenated alkanes) is 4. The summed E-state index contributed by atoms with van der Waals surface area (Å²) in [6.45, 7) is 2.20. The molecule has 1 N–H and O–H groups in total. The number of hydrogen-bond acceptors (Lipinski definition) is 1. The minimum Gasteiger partial charge on any atom is -0.516 e. The van der Waals surface area contributed by atoms with Gasteiger partial charge in [0, 0.05) is 103 Å². The van der Waals surface area contributed by atoms with Gasteiger partial charge in [0.25, 0.3) is 0 Å². The zero-order valence-electron chi connectivity index (χ0n) is 8.14. The molecule has 0 atom stereocenters. The average molecular weight is 206 g/mol. The third-order valence-electron chi connectivity index (χ3n) is 1.33. The van der Waals surface area contributed by atoms with E-state index in [0.717, 1.165) is 12.7 Å². The molecule has 0 aliphatic rings. The van der Waals surface area contributed by atoms with Crippen molar-refractivity contribution in [2.75, 3.05) is 0 Å². The van der Waals surface area contributed by atoms with Gasteiger partial charge in [0.15, 0.2) is 0 Å². The van der Waals surface area contributed by atoms with Gasteiger partial charge in [-0.2, -0.15) is 0 Å². The summed E-state index contributed by atoms with van der Waals surface area (Å²) in [6.07, 6.45) is 9.06. The number of hydrogen-bond donors (Lipinski definition) is 1. The van der Waals surface area contributed by atoms with Crippen LogP contribution in [0, 0.1) is 0 Å². The minimum atomic E-state index is 0. The van der Waals surface area contributed by atoms with Crippen molar-refractivity contribution in [1.82, 2.24) is 0 Å². The van der Waals surface area contributed by atoms with Gasteiger partial charge >= 0.3 is 0 Å². The molecule has 0 aliphatic carbocycles. The molecule has 3 heteroatoms. The van der Waals surface area contributed by atoms with Gasteiger partial charge in [0.05, 0.1) is 6.26 Å². The second-order valence-corrected chi connectivity index (χ2v) is 2.23. The zero-order chi connectivity index (χ0) is 6.95. The van der Waals surface area contributed by atoms with Crippen LogP contribution < -0.4 is 0 Å². The molecule has 0 fully saturated rings. The first-order valence-electron chi connectivity index (χ1n) is 3.71. The topological polar surface area (TPSA) is 20.2 Å². The van der Waals surface area contributed by atoms with Crippen molar-refractivity contribution < 1.29 is 5.11 Å². The Labute approximate surface area is 155 Å². The maximum atomic E-state index is 8.24. The molecule has 0 aromatic rings. The Morgan fingerprint density at radius 3 is 2.18 bits per heavy atom. The Balaban J connectivity index is -0.000000320. The van der Waals surface area contributed by atoms with Crippen LogP contribution in [-0.4, -0.2) is 108 Å². The van der Waals surface area contributed by atoms with Gasteiger partial charge in [-0.25, -0.2) is 0 Å². The van der Waals surface area contributed by atoms with E-state index in [-0.39, 0.29) is 103 Å². The van der Waals surface area contributed by atoms with E-state index in [9.17, 15) is 0 Å². The van der Waals surface area contributed by atoms with E-state index < -0.39 is 0 Å². The Kier molecular flexibility index (Phi) is 32.7. The number of allylic oxidation sites excluding steroid dienone is 1. The molecule has 0 heterocycles. The standard InChI is InChI=1S/C8H16O.2K/c1-2-3-4-5-6-7-8-9;;/h7-9H,2-6H2,1H3;;. The van der Waals surface area contributed by atoms with E-state index >= 15 is 0 Å². The van der Waals surface area contributed by atoms with Gasteiger partial charge in [-0.3, -0.25) is 0 Å². The molecule has 0 bridgehead atoms. The van der Waals surface area contributed by atoms with Crippen LogP contribution >= 0.6 is 0 Å². The molecular formula is C8H16K2O. The van der Waals surface area contributed by atoms with Gasteiger partial charge in [-0.05, 0) is 12.8 Å². The van der Waals surface area contributed by atoms with Gasteiger partial charge < -0.3 is 5.11 Å². The second-order valence-electron chi connectivity index (χ2n) is 2.23. The van der Waals surface area contributed by atoms with Crippen LogP contribution in [0.5, 0.6) is 0 Å². The molecule has 0 saturated heterocycles. The summed E-state index contributed by atoms with van der Waals surface area (Å²) in [6, 6.07) is 0. The minimum absolute atomic E-state index is 0. The summed E-state index contributed by atoms with van der Waals surface area (Å²) in [5.41, 5.74) is 0. The van der Waals surface area contributed by atoms with Crippen molar-refractivity contribution in [3.63, 3.8) is 0 Å². The van der Waals surface area contributed by atoms with Gasteiger partial charge in [0.2, 0.25) is 0 Å². The summed E-state index contributed by atoms with van der Waals surface area (Å²) >= 11 is 0. The first-order valence-corrected chi connectivity index (χ1v) is 3.71. The number of aliphatic hydroxyl groups excluding tert-OH is 1. The number of rotatable bonds is 5. The molecule has 1 nitrogen and oxygen atoms in total. The first-order chi connectivity index (χ1) is 4.41. The van der Waals surface area contributed by atoms with Crippen molar-refractivity contribution in [2.45, 2.75) is 39.0 Å². The van der Waals surface area contributed by atoms with Crippen molar-refractivity contribution in [2.24, 2.45) is 0 Å². The second kappa shape index (κ2) is 18.6. The molecule has 56 valence electrons. The smallest absolute Gasteiger partial charge is 0.0751 e. The third kappa shape index (κ3) is 19.3. The van der Waals surface area contributed by atoms with Crippen LogP contribution in [-0.2, 0) is 0 Å². The summed E-state index contributed by atoms with van der Waals surface area (Å²) in [5, 5.41) is 8.24. The third-order valence-corrected chi connectivity index (χ3v) is 1.33. The predicted molar refractivity (Wildman–Crippen MR) is 52.0 cm³/mol. The van der Waals surface area contributed by atoms with Crippen LogP contribution in [0.1, 0.15) is 39.0 Å². The summed E-state index contributed by atoms with van der Waals surface area (Å²) in [7, 11) is 0. The van der Waals surface area contributed by atoms with Crippen molar-refractivity contribution in [3.05, 3.63) is 12.3 Å². The summed E-state index contributed by atoms with van der Waals surface area (Å²) in [4.78, 5) is 0. The molecule has 0 spiro atoms. The molecular weight excluding hydrogens is 190 g/mol. The van der Waals surface area contributed by atoms with Gasteiger partial charge in [0.1, 0.15) is 0 Å². The molecule has 0 rings (SSSR count). The normalized spacial score (nSPS) is 8.82. The maximum Gasteiger partial charge on any atom is 0.0751 e. The first kappa shape index (κ1) is 19.4. The van der Waals surface area contributed by atoms with E-state index in [4.69, 9.17) is 5.11 Å². The SMILES string of the molecule is CCCCCCC=CO.[K].[K]. The van der Waals surface area contributed by atoms with Crippen molar-refractivity contribution in [1.29, 1.82) is 0 Å². The average Bonchev–Trinajstić information content (AvgIpc) is 1.89. The monoisotopic (exact) mass is 206 g/mol. The molecule has 2 radical (unpaired) electrons. The van der Waals surface area contributed by atoms with Gasteiger partial charge in [-0.15, -0.1) is 0 Å². The van der Waals surface area contributed by atoms with Crippen LogP contribution in [0.2, 0.25) is 0 Å². The fraction of sp³-hybridized carbons (Fsp3) is 0.750. The largest absolute Gasteiger partial charge is 0.516 e. The molecule has 0 saturated carbocycles. The predicted octanol–water partition coefficient (Wildman–Crippen LogP) is 2.27. The fourth-order valence-corrected chi connectivity index (χ4v) is 0.764. The Morgan fingerprint density at radius 1 is 1.09 bits per heavy atom. The Hall–Kier alpha value is 2.81. The van der Waals surface area contributed by atoms with E-state index in [1.54, 1.807) is 6.08 Å². The van der Waals surface area contributed by atoms with Crippen LogP contribution in [0.25, 0.3) is 0 Å². The zero-order valence-corrected chi connectivity index (χ0v) is 14.4. The molecule has 0 aromatic carbocycles. The molecule has 0 amide bonds. The number of aliphatic hydroxyl groups is 1. The molecule has 0 unspecified atom stereocenters. The van der Waals surface area contributed by atoms with E-state index in [0.29, 0.717) is 0 Å². The van der Waals surface area contributed by atoms with E-state index in [1.807, 2.05) is 0 Å². The van der Waals surface area contributed by atoms with E-state index in [2.05, 4.69) is 6.92 Å². The summed E-state index contributed by atoms with van der Waals surface area (Å²) in [5.74, 6) is 0. The van der Waals surface area contributed by atoms with Crippen molar-refractivity contribution in [3.8, 4) is 0 Å². The Bertz CT molecular complexity index is 74.5.